The summed E-state index contributed by atoms with van der Waals surface area (Å²) in [4.78, 5) is 51.8. The molecule has 216 valence electrons. The third kappa shape index (κ3) is 9.00. The number of likely N-dealkylation sites (tertiary alicyclic amines) is 2. The standard InChI is InChI=1S/C16H22N2O3.C14H17NO4/c1-17(2)15(19)14-10-6-7-11-18(14)16(20)21-12-13-8-4-3-5-9-13;16-13(17)12-8-4-5-9-15(12)14(18)19-10-11-6-2-1-3-7-11/h3-5,8-9,14H,6-7,10-12H2,1-2H3;1-3,6-7,12H,4-5,8-10H2,(H,16,17)/t14-;12-/m00/s1. The van der Waals surface area contributed by atoms with Crippen molar-refractivity contribution in [2.24, 2.45) is 0 Å². The molecule has 2 fully saturated rings. The number of nitrogens with zero attached hydrogens (tertiary/aromatic N) is 3. The van der Waals surface area contributed by atoms with Gasteiger partial charge in [0.1, 0.15) is 25.3 Å². The van der Waals surface area contributed by atoms with Crippen LogP contribution in [0.4, 0.5) is 9.59 Å². The lowest BCUT2D eigenvalue weighted by molar-refractivity contribution is -0.144. The second kappa shape index (κ2) is 15.5. The minimum absolute atomic E-state index is 0.0358. The molecule has 0 saturated carbocycles. The summed E-state index contributed by atoms with van der Waals surface area (Å²) in [6.07, 6.45) is 3.79. The monoisotopic (exact) mass is 553 g/mol. The number of benzene rings is 2. The molecular formula is C30H39N3O7. The van der Waals surface area contributed by atoms with Crippen LogP contribution in [0.3, 0.4) is 0 Å². The van der Waals surface area contributed by atoms with Gasteiger partial charge in [-0.05, 0) is 49.7 Å². The van der Waals surface area contributed by atoms with E-state index < -0.39 is 30.2 Å². The summed E-state index contributed by atoms with van der Waals surface area (Å²) in [5.41, 5.74) is 1.83. The average molecular weight is 554 g/mol. The summed E-state index contributed by atoms with van der Waals surface area (Å²) in [5.74, 6) is -0.997. The Hall–Kier alpha value is -4.08. The van der Waals surface area contributed by atoms with Crippen LogP contribution in [0.15, 0.2) is 60.7 Å². The van der Waals surface area contributed by atoms with Crippen LogP contribution >= 0.6 is 0 Å². The normalized spacial score (nSPS) is 18.6. The summed E-state index contributed by atoms with van der Waals surface area (Å²) in [6.45, 7) is 1.43. The molecule has 2 heterocycles. The van der Waals surface area contributed by atoms with Crippen molar-refractivity contribution in [3.05, 3.63) is 71.8 Å². The van der Waals surface area contributed by atoms with Crippen molar-refractivity contribution in [1.82, 2.24) is 14.7 Å². The zero-order valence-corrected chi connectivity index (χ0v) is 23.2. The number of carbonyl (C=O) groups is 4. The maximum atomic E-state index is 12.2. The first-order chi connectivity index (χ1) is 19.3. The fourth-order valence-corrected chi connectivity index (χ4v) is 4.72. The average Bonchev–Trinajstić information content (AvgIpc) is 2.99. The Labute approximate surface area is 235 Å². The van der Waals surface area contributed by atoms with E-state index in [2.05, 4.69) is 0 Å². The first kappa shape index (κ1) is 30.5. The number of hydrogen-bond acceptors (Lipinski definition) is 6. The molecule has 0 unspecified atom stereocenters. The van der Waals surface area contributed by atoms with Crippen molar-refractivity contribution in [2.45, 2.75) is 63.8 Å². The van der Waals surface area contributed by atoms with Gasteiger partial charge in [0.25, 0.3) is 0 Å². The maximum Gasteiger partial charge on any atom is 0.410 e. The van der Waals surface area contributed by atoms with Crippen molar-refractivity contribution in [3.63, 3.8) is 0 Å². The number of piperidine rings is 2. The lowest BCUT2D eigenvalue weighted by Crippen LogP contribution is -2.51. The molecule has 1 N–H and O–H groups in total. The largest absolute Gasteiger partial charge is 0.480 e. The molecule has 10 nitrogen and oxygen atoms in total. The van der Waals surface area contributed by atoms with E-state index in [1.165, 1.54) is 9.80 Å². The molecule has 4 rings (SSSR count). The zero-order chi connectivity index (χ0) is 28.9. The minimum Gasteiger partial charge on any atom is -0.480 e. The van der Waals surface area contributed by atoms with E-state index in [0.29, 0.717) is 25.9 Å². The molecule has 2 aromatic rings. The molecule has 0 radical (unpaired) electrons. The van der Waals surface area contributed by atoms with Crippen LogP contribution in [0.2, 0.25) is 0 Å². The lowest BCUT2D eigenvalue weighted by atomic mass is 10.0. The summed E-state index contributed by atoms with van der Waals surface area (Å²) < 4.78 is 10.5. The van der Waals surface area contributed by atoms with Crippen LogP contribution in [-0.2, 0) is 32.3 Å². The molecular weight excluding hydrogens is 514 g/mol. The van der Waals surface area contributed by atoms with Crippen molar-refractivity contribution in [2.75, 3.05) is 27.2 Å². The fourth-order valence-electron chi connectivity index (χ4n) is 4.72. The molecule has 2 aliphatic rings. The van der Waals surface area contributed by atoms with Gasteiger partial charge in [-0.1, -0.05) is 60.7 Å². The van der Waals surface area contributed by atoms with Gasteiger partial charge in [0, 0.05) is 27.2 Å². The predicted octanol–water partition coefficient (Wildman–Crippen LogP) is 4.53. The van der Waals surface area contributed by atoms with Gasteiger partial charge in [-0.2, -0.15) is 0 Å². The van der Waals surface area contributed by atoms with Crippen molar-refractivity contribution in [3.8, 4) is 0 Å². The van der Waals surface area contributed by atoms with Gasteiger partial charge in [-0.25, -0.2) is 14.4 Å². The molecule has 2 atom stereocenters. The third-order valence-electron chi connectivity index (χ3n) is 6.90. The highest BCUT2D eigenvalue weighted by Crippen LogP contribution is 2.20. The number of ether oxygens (including phenoxy) is 2. The fraction of sp³-hybridized carbons (Fsp3) is 0.467. The van der Waals surface area contributed by atoms with E-state index in [-0.39, 0.29) is 19.1 Å². The van der Waals surface area contributed by atoms with Crippen LogP contribution in [0.25, 0.3) is 0 Å². The maximum absolute atomic E-state index is 12.2. The van der Waals surface area contributed by atoms with E-state index in [4.69, 9.17) is 14.6 Å². The number of hydrogen-bond donors (Lipinski definition) is 1. The molecule has 3 amide bonds. The quantitative estimate of drug-likeness (QED) is 0.559. The van der Waals surface area contributed by atoms with Crippen molar-refractivity contribution >= 4 is 24.1 Å². The van der Waals surface area contributed by atoms with Crippen molar-refractivity contribution in [1.29, 1.82) is 0 Å². The van der Waals surface area contributed by atoms with Crippen LogP contribution in [-0.4, -0.2) is 83.1 Å². The number of carboxylic acid groups (broad SMARTS) is 1. The van der Waals surface area contributed by atoms with E-state index in [1.54, 1.807) is 19.0 Å². The zero-order valence-electron chi connectivity index (χ0n) is 23.2. The second-order valence-corrected chi connectivity index (χ2v) is 10.1. The second-order valence-electron chi connectivity index (χ2n) is 10.1. The Kier molecular flexibility index (Phi) is 11.8. The summed E-state index contributed by atoms with van der Waals surface area (Å²) in [5, 5.41) is 9.09. The van der Waals surface area contributed by atoms with E-state index >= 15 is 0 Å². The third-order valence-corrected chi connectivity index (χ3v) is 6.90. The number of likely N-dealkylation sites (N-methyl/N-ethyl adjacent to an activating group) is 1. The first-order valence-electron chi connectivity index (χ1n) is 13.7. The lowest BCUT2D eigenvalue weighted by Gasteiger charge is -2.35. The number of aliphatic carboxylic acids is 1. The van der Waals surface area contributed by atoms with Gasteiger partial charge < -0.3 is 19.5 Å². The summed E-state index contributed by atoms with van der Waals surface area (Å²) >= 11 is 0. The van der Waals surface area contributed by atoms with Gasteiger partial charge >= 0.3 is 18.2 Å². The number of carboxylic acids is 1. The Morgan fingerprint density at radius 2 is 1.15 bits per heavy atom. The van der Waals surface area contributed by atoms with Crippen molar-refractivity contribution < 1.29 is 33.8 Å². The molecule has 0 bridgehead atoms. The van der Waals surface area contributed by atoms with Gasteiger partial charge in [-0.15, -0.1) is 0 Å². The predicted molar refractivity (Wildman–Crippen MR) is 148 cm³/mol. The molecule has 0 aromatic heterocycles. The SMILES string of the molecule is CN(C)C(=O)[C@@H]1CCCCN1C(=O)OCc1ccccc1.O=C(O)[C@@H]1CCCCN1C(=O)OCc1ccccc1. The highest BCUT2D eigenvalue weighted by Gasteiger charge is 2.34. The van der Waals surface area contributed by atoms with Crippen LogP contribution < -0.4 is 0 Å². The molecule has 2 aliphatic heterocycles. The van der Waals surface area contributed by atoms with Crippen LogP contribution in [0, 0.1) is 0 Å². The highest BCUT2D eigenvalue weighted by atomic mass is 16.6. The first-order valence-corrected chi connectivity index (χ1v) is 13.7. The smallest absolute Gasteiger partial charge is 0.410 e. The molecule has 0 aliphatic carbocycles. The van der Waals surface area contributed by atoms with E-state index in [9.17, 15) is 19.2 Å². The molecule has 2 aromatic carbocycles. The minimum atomic E-state index is -0.962. The molecule has 0 spiro atoms. The van der Waals surface area contributed by atoms with Crippen LogP contribution in [0.1, 0.15) is 49.7 Å². The number of amides is 3. The summed E-state index contributed by atoms with van der Waals surface area (Å²) in [7, 11) is 3.43. The molecule has 10 heteroatoms. The van der Waals surface area contributed by atoms with Gasteiger partial charge in [0.15, 0.2) is 0 Å². The van der Waals surface area contributed by atoms with Gasteiger partial charge in [0.2, 0.25) is 5.91 Å². The number of rotatable bonds is 6. The Bertz CT molecular complexity index is 1110. The number of carbonyl (C=O) groups excluding carboxylic acids is 3. The summed E-state index contributed by atoms with van der Waals surface area (Å²) in [6, 6.07) is 17.7. The van der Waals surface area contributed by atoms with Gasteiger partial charge in [-0.3, -0.25) is 14.6 Å². The highest BCUT2D eigenvalue weighted by molar-refractivity contribution is 5.85. The van der Waals surface area contributed by atoms with Crippen LogP contribution in [0.5, 0.6) is 0 Å². The van der Waals surface area contributed by atoms with Gasteiger partial charge in [0.05, 0.1) is 0 Å². The Morgan fingerprint density at radius 3 is 1.57 bits per heavy atom. The van der Waals surface area contributed by atoms with E-state index in [0.717, 1.165) is 36.8 Å². The molecule has 2 saturated heterocycles. The molecule has 40 heavy (non-hydrogen) atoms. The Balaban J connectivity index is 0.000000222. The van der Waals surface area contributed by atoms with E-state index in [1.807, 2.05) is 60.7 Å². The topological polar surface area (TPSA) is 117 Å². The Morgan fingerprint density at radius 1 is 0.725 bits per heavy atom.